The van der Waals surface area contributed by atoms with Crippen molar-refractivity contribution in [1.29, 1.82) is 0 Å². The summed E-state index contributed by atoms with van der Waals surface area (Å²) in [4.78, 5) is 20.8. The normalized spacial score (nSPS) is 9.94. The summed E-state index contributed by atoms with van der Waals surface area (Å²) in [6, 6.07) is 4.00. The number of hydrogen-bond donors (Lipinski definition) is 0. The van der Waals surface area contributed by atoms with Gasteiger partial charge < -0.3 is 9.47 Å². The van der Waals surface area contributed by atoms with Crippen molar-refractivity contribution in [3.8, 4) is 5.75 Å². The first kappa shape index (κ1) is 13.1. The van der Waals surface area contributed by atoms with Crippen LogP contribution < -0.4 is 4.74 Å². The summed E-state index contributed by atoms with van der Waals surface area (Å²) in [5.74, 6) is 0.107. The van der Waals surface area contributed by atoms with Crippen LogP contribution in [-0.2, 0) is 4.74 Å². The van der Waals surface area contributed by atoms with E-state index < -0.39 is 4.92 Å². The SMILES string of the molecule is COCCCOc1cc(C=O)ccc1[N+](=O)[O-]. The van der Waals surface area contributed by atoms with Crippen LogP contribution in [0, 0.1) is 10.1 Å². The molecule has 1 aromatic rings. The zero-order chi connectivity index (χ0) is 12.7. The van der Waals surface area contributed by atoms with Gasteiger partial charge in [0.15, 0.2) is 5.75 Å². The van der Waals surface area contributed by atoms with Gasteiger partial charge in [0.25, 0.3) is 0 Å². The molecule has 0 saturated heterocycles. The summed E-state index contributed by atoms with van der Waals surface area (Å²) >= 11 is 0. The maximum absolute atomic E-state index is 10.7. The van der Waals surface area contributed by atoms with Crippen molar-refractivity contribution in [2.75, 3.05) is 20.3 Å². The van der Waals surface area contributed by atoms with Crippen molar-refractivity contribution >= 4 is 12.0 Å². The fraction of sp³-hybridized carbons (Fsp3) is 0.364. The summed E-state index contributed by atoms with van der Waals surface area (Å²) in [6.07, 6.45) is 1.24. The Hall–Kier alpha value is -1.95. The lowest BCUT2D eigenvalue weighted by atomic mass is 10.2. The maximum atomic E-state index is 10.7. The zero-order valence-electron chi connectivity index (χ0n) is 9.42. The molecule has 0 saturated carbocycles. The molecule has 0 radical (unpaired) electrons. The smallest absolute Gasteiger partial charge is 0.310 e. The van der Waals surface area contributed by atoms with E-state index in [0.29, 0.717) is 31.5 Å². The second-order valence-corrected chi connectivity index (χ2v) is 3.30. The molecule has 17 heavy (non-hydrogen) atoms. The van der Waals surface area contributed by atoms with Gasteiger partial charge in [-0.3, -0.25) is 14.9 Å². The van der Waals surface area contributed by atoms with Crippen LogP contribution in [0.2, 0.25) is 0 Å². The third-order valence-corrected chi connectivity index (χ3v) is 2.07. The average Bonchev–Trinajstić information content (AvgIpc) is 2.34. The van der Waals surface area contributed by atoms with Crippen molar-refractivity contribution in [3.63, 3.8) is 0 Å². The molecule has 1 aromatic carbocycles. The van der Waals surface area contributed by atoms with E-state index in [2.05, 4.69) is 0 Å². The third kappa shape index (κ3) is 3.84. The molecule has 0 aliphatic heterocycles. The van der Waals surface area contributed by atoms with Crippen LogP contribution in [0.5, 0.6) is 5.75 Å². The van der Waals surface area contributed by atoms with Crippen LogP contribution in [0.1, 0.15) is 16.8 Å². The number of nitrogens with zero attached hydrogens (tertiary/aromatic N) is 1. The first-order valence-electron chi connectivity index (χ1n) is 5.04. The number of rotatable bonds is 7. The highest BCUT2D eigenvalue weighted by Gasteiger charge is 2.15. The van der Waals surface area contributed by atoms with Crippen LogP contribution in [0.25, 0.3) is 0 Å². The van der Waals surface area contributed by atoms with E-state index in [-0.39, 0.29) is 11.4 Å². The van der Waals surface area contributed by atoms with E-state index in [1.54, 1.807) is 7.11 Å². The molecule has 0 aliphatic carbocycles. The van der Waals surface area contributed by atoms with E-state index in [1.165, 1.54) is 18.2 Å². The van der Waals surface area contributed by atoms with E-state index in [9.17, 15) is 14.9 Å². The number of nitro groups is 1. The van der Waals surface area contributed by atoms with Crippen molar-refractivity contribution < 1.29 is 19.2 Å². The van der Waals surface area contributed by atoms with E-state index in [4.69, 9.17) is 9.47 Å². The summed E-state index contributed by atoms with van der Waals surface area (Å²) in [5.41, 5.74) is 0.199. The van der Waals surface area contributed by atoms with Gasteiger partial charge in [-0.05, 0) is 12.1 Å². The Labute approximate surface area is 98.3 Å². The molecule has 0 unspecified atom stereocenters. The Bertz CT molecular complexity index is 405. The second kappa shape index (κ2) is 6.59. The topological polar surface area (TPSA) is 78.7 Å². The van der Waals surface area contributed by atoms with Crippen molar-refractivity contribution in [2.24, 2.45) is 0 Å². The number of ether oxygens (including phenoxy) is 2. The molecule has 0 aromatic heterocycles. The van der Waals surface area contributed by atoms with Crippen molar-refractivity contribution in [1.82, 2.24) is 0 Å². The summed E-state index contributed by atoms with van der Waals surface area (Å²) in [5, 5.41) is 10.7. The van der Waals surface area contributed by atoms with Crippen molar-refractivity contribution in [3.05, 3.63) is 33.9 Å². The molecular formula is C11H13NO5. The highest BCUT2D eigenvalue weighted by molar-refractivity contribution is 5.76. The van der Waals surface area contributed by atoms with Gasteiger partial charge >= 0.3 is 5.69 Å². The Kier molecular flexibility index (Phi) is 5.09. The predicted octanol–water partition coefficient (Wildman–Crippen LogP) is 1.82. The fourth-order valence-corrected chi connectivity index (χ4v) is 1.26. The van der Waals surface area contributed by atoms with Gasteiger partial charge in [-0.25, -0.2) is 0 Å². The lowest BCUT2D eigenvalue weighted by molar-refractivity contribution is -0.385. The molecule has 0 atom stereocenters. The number of methoxy groups -OCH3 is 1. The molecule has 1 rings (SSSR count). The molecule has 0 fully saturated rings. The standard InChI is InChI=1S/C11H13NO5/c1-16-5-2-6-17-11-7-9(8-13)3-4-10(11)12(14)15/h3-4,7-8H,2,5-6H2,1H3. The maximum Gasteiger partial charge on any atom is 0.310 e. The summed E-state index contributed by atoms with van der Waals surface area (Å²) in [7, 11) is 1.56. The fourth-order valence-electron chi connectivity index (χ4n) is 1.26. The van der Waals surface area contributed by atoms with Gasteiger partial charge in [0.05, 0.1) is 11.5 Å². The van der Waals surface area contributed by atoms with E-state index in [1.807, 2.05) is 0 Å². The quantitative estimate of drug-likeness (QED) is 0.314. The zero-order valence-corrected chi connectivity index (χ0v) is 9.42. The molecule has 92 valence electrons. The first-order chi connectivity index (χ1) is 8.19. The van der Waals surface area contributed by atoms with Crippen LogP contribution >= 0.6 is 0 Å². The van der Waals surface area contributed by atoms with Gasteiger partial charge in [-0.15, -0.1) is 0 Å². The Morgan fingerprint density at radius 3 is 2.76 bits per heavy atom. The van der Waals surface area contributed by atoms with Gasteiger partial charge in [0.2, 0.25) is 0 Å². The lowest BCUT2D eigenvalue weighted by Crippen LogP contribution is -2.03. The predicted molar refractivity (Wildman–Crippen MR) is 60.5 cm³/mol. The average molecular weight is 239 g/mol. The van der Waals surface area contributed by atoms with Gasteiger partial charge in [0.1, 0.15) is 6.29 Å². The number of nitro benzene ring substituents is 1. The van der Waals surface area contributed by atoms with Crippen LogP contribution in [0.15, 0.2) is 18.2 Å². The Morgan fingerprint density at radius 2 is 2.18 bits per heavy atom. The Balaban J connectivity index is 2.78. The molecule has 0 heterocycles. The molecule has 0 N–H and O–H groups in total. The van der Waals surface area contributed by atoms with Crippen LogP contribution in [0.4, 0.5) is 5.69 Å². The van der Waals surface area contributed by atoms with Gasteiger partial charge in [-0.1, -0.05) is 0 Å². The van der Waals surface area contributed by atoms with Gasteiger partial charge in [0, 0.05) is 31.8 Å². The number of carbonyl (C=O) groups is 1. The molecule has 0 bridgehead atoms. The minimum absolute atomic E-state index is 0.107. The molecule has 0 aliphatic rings. The third-order valence-electron chi connectivity index (χ3n) is 2.07. The first-order valence-corrected chi connectivity index (χ1v) is 5.04. The highest BCUT2D eigenvalue weighted by Crippen LogP contribution is 2.27. The summed E-state index contributed by atoms with van der Waals surface area (Å²) in [6.45, 7) is 0.818. The minimum atomic E-state index is -0.541. The number of benzene rings is 1. The molecule has 0 spiro atoms. The van der Waals surface area contributed by atoms with E-state index >= 15 is 0 Å². The van der Waals surface area contributed by atoms with Crippen molar-refractivity contribution in [2.45, 2.75) is 6.42 Å². The molecular weight excluding hydrogens is 226 g/mol. The molecule has 0 amide bonds. The Morgan fingerprint density at radius 1 is 1.41 bits per heavy atom. The highest BCUT2D eigenvalue weighted by atomic mass is 16.6. The van der Waals surface area contributed by atoms with E-state index in [0.717, 1.165) is 0 Å². The monoisotopic (exact) mass is 239 g/mol. The minimum Gasteiger partial charge on any atom is -0.487 e. The molecule has 6 nitrogen and oxygen atoms in total. The van der Waals surface area contributed by atoms with Gasteiger partial charge in [-0.2, -0.15) is 0 Å². The number of hydrogen-bond acceptors (Lipinski definition) is 5. The number of aldehydes is 1. The molecule has 6 heteroatoms. The van der Waals surface area contributed by atoms with Crippen LogP contribution in [-0.4, -0.2) is 31.5 Å². The summed E-state index contributed by atoms with van der Waals surface area (Å²) < 4.78 is 10.1. The second-order valence-electron chi connectivity index (χ2n) is 3.30. The lowest BCUT2D eigenvalue weighted by Gasteiger charge is -2.06. The van der Waals surface area contributed by atoms with Crippen LogP contribution in [0.3, 0.4) is 0 Å². The largest absolute Gasteiger partial charge is 0.487 e. The number of carbonyl (C=O) groups excluding carboxylic acids is 1.